The highest BCUT2D eigenvalue weighted by Crippen LogP contribution is 2.35. The molecule has 3 aromatic rings. The molecule has 0 unspecified atom stereocenters. The lowest BCUT2D eigenvalue weighted by molar-refractivity contribution is -0.936. The molecule has 152 valence electrons. The second-order valence-electron chi connectivity index (χ2n) is 8.13. The molecule has 0 N–H and O–H groups in total. The summed E-state index contributed by atoms with van der Waals surface area (Å²) in [5, 5.41) is 0. The summed E-state index contributed by atoms with van der Waals surface area (Å²) in [4.78, 5) is 2.35. The predicted octanol–water partition coefficient (Wildman–Crippen LogP) is 7.15. The van der Waals surface area contributed by atoms with Crippen LogP contribution in [0.15, 0.2) is 72.8 Å². The summed E-state index contributed by atoms with van der Waals surface area (Å²) in [7, 11) is 0. The normalized spacial score (nSPS) is 11.5. The van der Waals surface area contributed by atoms with E-state index in [9.17, 15) is 0 Å². The Morgan fingerprint density at radius 3 is 1.52 bits per heavy atom. The van der Waals surface area contributed by atoms with Gasteiger partial charge in [0, 0.05) is 22.6 Å². The van der Waals surface area contributed by atoms with Crippen LogP contribution in [0.1, 0.15) is 37.5 Å². The molecule has 0 saturated carbocycles. The number of rotatable bonds is 8. The highest BCUT2D eigenvalue weighted by Gasteiger charge is 2.21. The Hall–Kier alpha value is -2.58. The summed E-state index contributed by atoms with van der Waals surface area (Å²) in [6.07, 6.45) is 0. The van der Waals surface area contributed by atoms with Gasteiger partial charge in [0.25, 0.3) is 0 Å². The molecule has 0 aromatic heterocycles. The van der Waals surface area contributed by atoms with Crippen molar-refractivity contribution < 1.29 is 4.48 Å². The summed E-state index contributed by atoms with van der Waals surface area (Å²) < 4.78 is 1.14. The molecule has 0 spiro atoms. The fourth-order valence-electron chi connectivity index (χ4n) is 4.13. The number of anilines is 3. The minimum atomic E-state index is 1.10. The molecule has 0 bridgehead atoms. The van der Waals surface area contributed by atoms with E-state index in [1.165, 1.54) is 53.4 Å². The first-order chi connectivity index (χ1) is 14.0. The van der Waals surface area contributed by atoms with Crippen molar-refractivity contribution in [3.63, 3.8) is 0 Å². The molecule has 2 nitrogen and oxygen atoms in total. The standard InChI is InChI=1S/C27H35N2/c1-6-29(7-2,8-3)21-24-15-17-25(18-16-24)28(26-13-9-11-22(4)19-26)27-14-10-12-23(5)20-27/h9-20H,6-8,21H2,1-5H3/q+1. The van der Waals surface area contributed by atoms with E-state index >= 15 is 0 Å². The van der Waals surface area contributed by atoms with Crippen molar-refractivity contribution >= 4 is 17.1 Å². The number of hydrogen-bond acceptors (Lipinski definition) is 1. The average molecular weight is 388 g/mol. The molecule has 0 heterocycles. The van der Waals surface area contributed by atoms with Gasteiger partial charge in [0.05, 0.1) is 19.6 Å². The largest absolute Gasteiger partial charge is 0.321 e. The molecule has 2 heteroatoms. The molecule has 0 saturated heterocycles. The van der Waals surface area contributed by atoms with Crippen LogP contribution in [-0.4, -0.2) is 24.1 Å². The molecule has 29 heavy (non-hydrogen) atoms. The fraction of sp³-hybridized carbons (Fsp3) is 0.333. The van der Waals surface area contributed by atoms with Crippen molar-refractivity contribution in [2.24, 2.45) is 0 Å². The van der Waals surface area contributed by atoms with Gasteiger partial charge < -0.3 is 9.38 Å². The second kappa shape index (κ2) is 9.28. The van der Waals surface area contributed by atoms with Crippen LogP contribution in [0.4, 0.5) is 17.1 Å². The van der Waals surface area contributed by atoms with E-state index in [4.69, 9.17) is 0 Å². The first kappa shape index (κ1) is 21.1. The zero-order chi connectivity index (χ0) is 20.9. The van der Waals surface area contributed by atoms with Gasteiger partial charge in [-0.1, -0.05) is 36.4 Å². The van der Waals surface area contributed by atoms with Gasteiger partial charge in [0.15, 0.2) is 0 Å². The van der Waals surface area contributed by atoms with Crippen LogP contribution in [0, 0.1) is 13.8 Å². The lowest BCUT2D eigenvalue weighted by Gasteiger charge is -2.36. The van der Waals surface area contributed by atoms with Crippen LogP contribution in [0.25, 0.3) is 0 Å². The van der Waals surface area contributed by atoms with Crippen LogP contribution in [-0.2, 0) is 6.54 Å². The van der Waals surface area contributed by atoms with Crippen LogP contribution >= 0.6 is 0 Å². The summed E-state index contributed by atoms with van der Waals surface area (Å²) in [5.41, 5.74) is 7.55. The third kappa shape index (κ3) is 4.89. The monoisotopic (exact) mass is 387 g/mol. The van der Waals surface area contributed by atoms with Crippen LogP contribution in [0.2, 0.25) is 0 Å². The van der Waals surface area contributed by atoms with E-state index < -0.39 is 0 Å². The molecule has 0 atom stereocenters. The van der Waals surface area contributed by atoms with Gasteiger partial charge >= 0.3 is 0 Å². The lowest BCUT2D eigenvalue weighted by Crippen LogP contribution is -2.46. The van der Waals surface area contributed by atoms with Crippen molar-refractivity contribution in [2.45, 2.75) is 41.2 Å². The highest BCUT2D eigenvalue weighted by atomic mass is 15.3. The third-order valence-electron chi connectivity index (χ3n) is 6.24. The maximum absolute atomic E-state index is 2.35. The smallest absolute Gasteiger partial charge is 0.104 e. The van der Waals surface area contributed by atoms with Gasteiger partial charge in [0.2, 0.25) is 0 Å². The minimum absolute atomic E-state index is 1.10. The maximum Gasteiger partial charge on any atom is 0.104 e. The van der Waals surface area contributed by atoms with E-state index in [0.29, 0.717) is 0 Å². The van der Waals surface area contributed by atoms with E-state index in [1.54, 1.807) is 0 Å². The molecule has 0 amide bonds. The number of quaternary nitrogens is 1. The molecular weight excluding hydrogens is 352 g/mol. The van der Waals surface area contributed by atoms with Crippen LogP contribution in [0.3, 0.4) is 0 Å². The molecule has 0 radical (unpaired) electrons. The van der Waals surface area contributed by atoms with E-state index in [1.807, 2.05) is 0 Å². The highest BCUT2D eigenvalue weighted by molar-refractivity contribution is 5.77. The van der Waals surface area contributed by atoms with Gasteiger partial charge in [0.1, 0.15) is 6.54 Å². The first-order valence-electron chi connectivity index (χ1n) is 10.9. The molecule has 0 aliphatic rings. The molecule has 3 rings (SSSR count). The first-order valence-corrected chi connectivity index (χ1v) is 10.9. The summed E-state index contributed by atoms with van der Waals surface area (Å²) in [5.74, 6) is 0. The van der Waals surface area contributed by atoms with Gasteiger partial charge in [-0.25, -0.2) is 0 Å². The zero-order valence-electron chi connectivity index (χ0n) is 18.7. The van der Waals surface area contributed by atoms with E-state index in [0.717, 1.165) is 11.0 Å². The van der Waals surface area contributed by atoms with E-state index in [-0.39, 0.29) is 0 Å². The SMILES string of the molecule is CC[N+](CC)(CC)Cc1ccc(N(c2cccc(C)c2)c2cccc(C)c2)cc1. The van der Waals surface area contributed by atoms with Crippen molar-refractivity contribution in [3.05, 3.63) is 89.5 Å². The number of hydrogen-bond donors (Lipinski definition) is 0. The molecule has 0 fully saturated rings. The Morgan fingerprint density at radius 2 is 1.10 bits per heavy atom. The number of benzene rings is 3. The molecule has 0 aliphatic carbocycles. The van der Waals surface area contributed by atoms with Gasteiger partial charge in [-0.15, -0.1) is 0 Å². The Morgan fingerprint density at radius 1 is 0.621 bits per heavy atom. The van der Waals surface area contributed by atoms with Crippen molar-refractivity contribution in [3.8, 4) is 0 Å². The quantitative estimate of drug-likeness (QED) is 0.371. The fourth-order valence-corrected chi connectivity index (χ4v) is 4.13. The summed E-state index contributed by atoms with van der Waals surface area (Å²) >= 11 is 0. The topological polar surface area (TPSA) is 3.24 Å². The Labute approximate surface area is 177 Å². The van der Waals surface area contributed by atoms with Gasteiger partial charge in [-0.3, -0.25) is 0 Å². The summed E-state index contributed by atoms with van der Waals surface area (Å²) in [6, 6.07) is 26.6. The van der Waals surface area contributed by atoms with Crippen LogP contribution in [0.5, 0.6) is 0 Å². The van der Waals surface area contributed by atoms with Crippen LogP contribution < -0.4 is 4.90 Å². The van der Waals surface area contributed by atoms with Crippen molar-refractivity contribution in [2.75, 3.05) is 24.5 Å². The molecule has 0 aliphatic heterocycles. The Balaban J connectivity index is 1.98. The Kier molecular flexibility index (Phi) is 6.76. The number of nitrogens with zero attached hydrogens (tertiary/aromatic N) is 2. The van der Waals surface area contributed by atoms with Gasteiger partial charge in [-0.2, -0.15) is 0 Å². The average Bonchev–Trinajstić information content (AvgIpc) is 2.74. The van der Waals surface area contributed by atoms with Crippen molar-refractivity contribution in [1.82, 2.24) is 0 Å². The lowest BCUT2D eigenvalue weighted by atomic mass is 10.1. The predicted molar refractivity (Wildman–Crippen MR) is 126 cm³/mol. The van der Waals surface area contributed by atoms with Gasteiger partial charge in [-0.05, 0) is 82.1 Å². The summed E-state index contributed by atoms with van der Waals surface area (Å²) in [6.45, 7) is 15.8. The Bertz CT molecular complexity index is 870. The molecule has 3 aromatic carbocycles. The minimum Gasteiger partial charge on any atom is -0.321 e. The van der Waals surface area contributed by atoms with Crippen molar-refractivity contribution in [1.29, 1.82) is 0 Å². The molecular formula is C27H35N2+. The zero-order valence-corrected chi connectivity index (χ0v) is 18.7. The van der Waals surface area contributed by atoms with E-state index in [2.05, 4.69) is 112 Å². The maximum atomic E-state index is 2.35. The third-order valence-corrected chi connectivity index (χ3v) is 6.24. The second-order valence-corrected chi connectivity index (χ2v) is 8.13. The number of aryl methyl sites for hydroxylation is 2.